The van der Waals surface area contributed by atoms with Crippen molar-refractivity contribution in [1.82, 2.24) is 10.0 Å². The van der Waals surface area contributed by atoms with Gasteiger partial charge in [0.2, 0.25) is 0 Å². The normalized spacial score (nSPS) is 29.6. The van der Waals surface area contributed by atoms with Crippen LogP contribution in [0, 0.1) is 17.8 Å². The van der Waals surface area contributed by atoms with E-state index in [0.29, 0.717) is 13.1 Å². The molecular formula is C15H17FN3O+. The topological polar surface area (TPSA) is 27.9 Å². The number of hydrogen-bond acceptors (Lipinski definition) is 2. The van der Waals surface area contributed by atoms with E-state index < -0.39 is 5.41 Å². The van der Waals surface area contributed by atoms with Gasteiger partial charge in [-0.3, -0.25) is 9.80 Å². The number of hydrogen-bond donors (Lipinski definition) is 0. The summed E-state index contributed by atoms with van der Waals surface area (Å²) in [6, 6.07) is 6.39. The van der Waals surface area contributed by atoms with Crippen molar-refractivity contribution in [1.29, 1.82) is 0 Å². The minimum absolute atomic E-state index is 0.0264. The number of carbonyl (C=O) groups is 1. The highest BCUT2D eigenvalue weighted by atomic mass is 19.1. The van der Waals surface area contributed by atoms with Crippen molar-refractivity contribution in [2.45, 2.75) is 19.4 Å². The summed E-state index contributed by atoms with van der Waals surface area (Å²) in [5, 5.41) is 3.79. The number of hydrazine groups is 1. The lowest BCUT2D eigenvalue weighted by Crippen LogP contribution is -2.37. The second-order valence-corrected chi connectivity index (χ2v) is 5.80. The molecule has 1 amide bonds. The molecule has 20 heavy (non-hydrogen) atoms. The molecule has 0 spiro atoms. The maximum Gasteiger partial charge on any atom is 0.278 e. The van der Waals surface area contributed by atoms with Gasteiger partial charge in [-0.05, 0) is 31.0 Å². The summed E-state index contributed by atoms with van der Waals surface area (Å²) >= 11 is 0. The van der Waals surface area contributed by atoms with E-state index in [1.807, 2.05) is 18.0 Å². The Balaban J connectivity index is 1.91. The Morgan fingerprint density at radius 1 is 1.55 bits per heavy atom. The first-order valence-corrected chi connectivity index (χ1v) is 6.76. The van der Waals surface area contributed by atoms with Crippen LogP contribution in [0.15, 0.2) is 24.3 Å². The standard InChI is InChI=1S/C15H17FN3O/c1-15(9-17-2)10-18-7-6-13(19(18)14(15)20)11-4-3-5-12(16)8-11/h2-5,8,13H,6-7,9-10H2,1H3/q+1/t13-,15+/m1/s1. The maximum absolute atomic E-state index is 13.4. The molecule has 0 bridgehead atoms. The van der Waals surface area contributed by atoms with E-state index in [0.717, 1.165) is 18.5 Å². The highest BCUT2D eigenvalue weighted by molar-refractivity contribution is 5.85. The fraction of sp³-hybridized carbons (Fsp3) is 0.467. The molecule has 2 saturated heterocycles. The lowest BCUT2D eigenvalue weighted by molar-refractivity contribution is -0.142. The van der Waals surface area contributed by atoms with E-state index in [4.69, 9.17) is 6.57 Å². The van der Waals surface area contributed by atoms with Gasteiger partial charge in [-0.1, -0.05) is 17.0 Å². The van der Waals surface area contributed by atoms with Gasteiger partial charge in [-0.2, -0.15) is 0 Å². The number of benzene rings is 1. The van der Waals surface area contributed by atoms with Crippen molar-refractivity contribution in [2.24, 2.45) is 5.41 Å². The molecule has 0 saturated carbocycles. The Kier molecular flexibility index (Phi) is 2.98. The maximum atomic E-state index is 13.4. The molecule has 5 heteroatoms. The first-order chi connectivity index (χ1) is 9.55. The SMILES string of the molecule is C#[N+]C[C@@]1(C)CN2CC[C@H](c3cccc(F)c3)N2C1=O. The van der Waals surface area contributed by atoms with Gasteiger partial charge in [0.05, 0.1) is 6.04 Å². The summed E-state index contributed by atoms with van der Waals surface area (Å²) in [5.74, 6) is -0.245. The highest BCUT2D eigenvalue weighted by Crippen LogP contribution is 2.42. The van der Waals surface area contributed by atoms with Crippen molar-refractivity contribution in [3.63, 3.8) is 0 Å². The number of amides is 1. The van der Waals surface area contributed by atoms with Crippen molar-refractivity contribution in [3.05, 3.63) is 40.5 Å². The van der Waals surface area contributed by atoms with Crippen molar-refractivity contribution >= 4 is 5.91 Å². The van der Waals surface area contributed by atoms with E-state index in [1.54, 1.807) is 11.1 Å². The molecule has 1 aromatic carbocycles. The average molecular weight is 274 g/mol. The fourth-order valence-electron chi connectivity index (χ4n) is 3.21. The third-order valence-corrected chi connectivity index (χ3v) is 4.19. The largest absolute Gasteiger partial charge is 0.278 e. The van der Waals surface area contributed by atoms with Gasteiger partial charge in [-0.15, -0.1) is 0 Å². The minimum Gasteiger partial charge on any atom is -0.272 e. The molecule has 2 heterocycles. The van der Waals surface area contributed by atoms with Gasteiger partial charge in [0.25, 0.3) is 19.0 Å². The van der Waals surface area contributed by atoms with Crippen LogP contribution in [0.4, 0.5) is 4.39 Å². The van der Waals surface area contributed by atoms with E-state index in [2.05, 4.69) is 4.85 Å². The first-order valence-electron chi connectivity index (χ1n) is 6.76. The third kappa shape index (κ3) is 1.88. The number of fused-ring (bicyclic) bond motifs is 1. The molecule has 3 rings (SSSR count). The molecule has 2 atom stereocenters. The summed E-state index contributed by atoms with van der Waals surface area (Å²) in [6.07, 6.45) is 0.824. The molecule has 104 valence electrons. The van der Waals surface area contributed by atoms with E-state index in [9.17, 15) is 9.18 Å². The van der Waals surface area contributed by atoms with Gasteiger partial charge in [0.15, 0.2) is 0 Å². The second-order valence-electron chi connectivity index (χ2n) is 5.80. The van der Waals surface area contributed by atoms with Crippen molar-refractivity contribution < 1.29 is 9.18 Å². The summed E-state index contributed by atoms with van der Waals surface area (Å²) < 4.78 is 13.4. The Hall–Kier alpha value is -1.93. The number of carbonyl (C=O) groups excluding carboxylic acids is 1. The number of nitrogens with zero attached hydrogens (tertiary/aromatic N) is 3. The summed E-state index contributed by atoms with van der Waals surface area (Å²) in [5.41, 5.74) is 0.274. The third-order valence-electron chi connectivity index (χ3n) is 4.19. The Morgan fingerprint density at radius 3 is 3.05 bits per heavy atom. The van der Waals surface area contributed by atoms with Crippen LogP contribution in [0.1, 0.15) is 24.9 Å². The number of halogens is 1. The first kappa shape index (κ1) is 13.1. The monoisotopic (exact) mass is 274 g/mol. The van der Waals surface area contributed by atoms with Gasteiger partial charge in [0, 0.05) is 13.1 Å². The molecule has 0 radical (unpaired) electrons. The summed E-state index contributed by atoms with van der Waals surface area (Å²) in [7, 11) is 0. The number of rotatable bonds is 2. The van der Waals surface area contributed by atoms with Crippen LogP contribution in [-0.2, 0) is 4.79 Å². The van der Waals surface area contributed by atoms with Crippen LogP contribution in [0.5, 0.6) is 0 Å². The Bertz CT molecular complexity index is 597. The second kappa shape index (κ2) is 4.57. The quantitative estimate of drug-likeness (QED) is 0.827. The minimum atomic E-state index is -0.569. The van der Waals surface area contributed by atoms with E-state index in [-0.39, 0.29) is 17.8 Å². The molecule has 0 aliphatic carbocycles. The van der Waals surface area contributed by atoms with Gasteiger partial charge < -0.3 is 0 Å². The van der Waals surface area contributed by atoms with Crippen LogP contribution in [0.25, 0.3) is 4.85 Å². The van der Waals surface area contributed by atoms with Crippen LogP contribution >= 0.6 is 0 Å². The molecule has 1 aromatic rings. The highest BCUT2D eigenvalue weighted by Gasteiger charge is 2.55. The molecule has 0 aromatic heterocycles. The van der Waals surface area contributed by atoms with Crippen LogP contribution in [0.2, 0.25) is 0 Å². The van der Waals surface area contributed by atoms with Gasteiger partial charge >= 0.3 is 0 Å². The Labute approximate surface area is 117 Å². The predicted molar refractivity (Wildman–Crippen MR) is 73.5 cm³/mol. The molecule has 0 unspecified atom stereocenters. The zero-order chi connectivity index (χ0) is 14.3. The van der Waals surface area contributed by atoms with Crippen LogP contribution in [0.3, 0.4) is 0 Å². The molecule has 2 fully saturated rings. The summed E-state index contributed by atoms with van der Waals surface area (Å²) in [6.45, 7) is 8.88. The fourth-order valence-corrected chi connectivity index (χ4v) is 3.21. The zero-order valence-electron chi connectivity index (χ0n) is 11.4. The molecule has 2 aliphatic heterocycles. The zero-order valence-corrected chi connectivity index (χ0v) is 11.4. The lowest BCUT2D eigenvalue weighted by Gasteiger charge is -2.25. The van der Waals surface area contributed by atoms with E-state index >= 15 is 0 Å². The van der Waals surface area contributed by atoms with Crippen LogP contribution < -0.4 is 0 Å². The van der Waals surface area contributed by atoms with Crippen LogP contribution in [-0.4, -0.2) is 35.6 Å². The van der Waals surface area contributed by atoms with Crippen molar-refractivity contribution in [2.75, 3.05) is 19.6 Å². The molecular weight excluding hydrogens is 257 g/mol. The molecule has 4 nitrogen and oxygen atoms in total. The lowest BCUT2D eigenvalue weighted by atomic mass is 9.89. The molecule has 2 aliphatic rings. The van der Waals surface area contributed by atoms with Gasteiger partial charge in [-0.25, -0.2) is 9.40 Å². The predicted octanol–water partition coefficient (Wildman–Crippen LogP) is 2.30. The Morgan fingerprint density at radius 2 is 2.35 bits per heavy atom. The smallest absolute Gasteiger partial charge is 0.272 e. The van der Waals surface area contributed by atoms with Gasteiger partial charge in [0.1, 0.15) is 11.2 Å². The molecule has 0 N–H and O–H groups in total. The van der Waals surface area contributed by atoms with E-state index in [1.165, 1.54) is 12.1 Å². The summed E-state index contributed by atoms with van der Waals surface area (Å²) in [4.78, 5) is 16.3. The van der Waals surface area contributed by atoms with Crippen molar-refractivity contribution in [3.8, 4) is 6.57 Å². The average Bonchev–Trinajstić information content (AvgIpc) is 2.90.